The molecular formula is C14H23N3O2. The molecule has 5 heteroatoms. The van der Waals surface area contributed by atoms with Gasteiger partial charge in [-0.15, -0.1) is 0 Å². The number of ether oxygens (including phenoxy) is 1. The van der Waals surface area contributed by atoms with Crippen LogP contribution in [0.2, 0.25) is 0 Å². The van der Waals surface area contributed by atoms with Gasteiger partial charge in [0.15, 0.2) is 0 Å². The molecule has 0 aliphatic heterocycles. The van der Waals surface area contributed by atoms with Gasteiger partial charge < -0.3 is 14.6 Å². The van der Waals surface area contributed by atoms with E-state index in [-0.39, 0.29) is 11.8 Å². The quantitative estimate of drug-likeness (QED) is 0.850. The Kier molecular flexibility index (Phi) is 4.96. The predicted octanol–water partition coefficient (Wildman–Crippen LogP) is 1.64. The van der Waals surface area contributed by atoms with Gasteiger partial charge in [-0.25, -0.2) is 4.98 Å². The molecule has 1 N–H and O–H groups in total. The smallest absolute Gasteiger partial charge is 0.223 e. The topological polar surface area (TPSA) is 56.1 Å². The van der Waals surface area contributed by atoms with E-state index in [0.717, 1.165) is 30.9 Å². The minimum absolute atomic E-state index is 0.212. The van der Waals surface area contributed by atoms with Crippen molar-refractivity contribution in [1.82, 2.24) is 14.9 Å². The van der Waals surface area contributed by atoms with Crippen LogP contribution < -0.4 is 5.32 Å². The number of hydrogen-bond donors (Lipinski definition) is 1. The highest BCUT2D eigenvalue weighted by Crippen LogP contribution is 2.24. The molecule has 1 aliphatic carbocycles. The van der Waals surface area contributed by atoms with Crippen LogP contribution in [-0.4, -0.2) is 29.1 Å². The van der Waals surface area contributed by atoms with Gasteiger partial charge in [0.25, 0.3) is 0 Å². The summed E-state index contributed by atoms with van der Waals surface area (Å²) >= 11 is 0. The van der Waals surface area contributed by atoms with Gasteiger partial charge in [-0.05, 0) is 19.8 Å². The monoisotopic (exact) mass is 265 g/mol. The molecule has 0 atom stereocenters. The molecular weight excluding hydrogens is 242 g/mol. The summed E-state index contributed by atoms with van der Waals surface area (Å²) in [7, 11) is 1.66. The number of carbonyl (C=O) groups is 1. The Hall–Kier alpha value is -1.36. The summed E-state index contributed by atoms with van der Waals surface area (Å²) in [6.07, 6.45) is 6.32. The van der Waals surface area contributed by atoms with Crippen molar-refractivity contribution in [3.05, 3.63) is 17.7 Å². The summed E-state index contributed by atoms with van der Waals surface area (Å²) in [6.45, 7) is 3.93. The Labute approximate surface area is 114 Å². The molecule has 1 aromatic rings. The van der Waals surface area contributed by atoms with Crippen LogP contribution in [0.25, 0.3) is 0 Å². The molecule has 2 rings (SSSR count). The van der Waals surface area contributed by atoms with Gasteiger partial charge >= 0.3 is 0 Å². The zero-order chi connectivity index (χ0) is 13.7. The fourth-order valence-electron chi connectivity index (χ4n) is 2.68. The maximum absolute atomic E-state index is 11.9. The second-order valence-electron chi connectivity index (χ2n) is 5.17. The van der Waals surface area contributed by atoms with Crippen LogP contribution in [0.15, 0.2) is 6.20 Å². The number of nitrogens with zero attached hydrogens (tertiary/aromatic N) is 2. The molecule has 0 spiro atoms. The van der Waals surface area contributed by atoms with E-state index in [2.05, 4.69) is 14.9 Å². The van der Waals surface area contributed by atoms with E-state index in [0.29, 0.717) is 13.2 Å². The third-order valence-electron chi connectivity index (χ3n) is 3.77. The summed E-state index contributed by atoms with van der Waals surface area (Å²) in [4.78, 5) is 16.2. The number of hydrogen-bond acceptors (Lipinski definition) is 3. The summed E-state index contributed by atoms with van der Waals surface area (Å²) in [5, 5.41) is 3.03. The Morgan fingerprint density at radius 3 is 2.95 bits per heavy atom. The summed E-state index contributed by atoms with van der Waals surface area (Å²) in [6, 6.07) is 0. The van der Waals surface area contributed by atoms with Crippen molar-refractivity contribution in [2.24, 2.45) is 5.92 Å². The van der Waals surface area contributed by atoms with Crippen LogP contribution in [-0.2, 0) is 22.7 Å². The van der Waals surface area contributed by atoms with Crippen molar-refractivity contribution in [2.75, 3.05) is 13.7 Å². The molecule has 5 nitrogen and oxygen atoms in total. The van der Waals surface area contributed by atoms with Gasteiger partial charge in [-0.1, -0.05) is 12.8 Å². The van der Waals surface area contributed by atoms with Gasteiger partial charge in [-0.2, -0.15) is 0 Å². The molecule has 1 saturated carbocycles. The zero-order valence-corrected chi connectivity index (χ0v) is 11.8. The zero-order valence-electron chi connectivity index (χ0n) is 11.8. The largest absolute Gasteiger partial charge is 0.377 e. The van der Waals surface area contributed by atoms with Crippen LogP contribution in [0.5, 0.6) is 0 Å². The first-order chi connectivity index (χ1) is 9.22. The predicted molar refractivity (Wildman–Crippen MR) is 72.6 cm³/mol. The fraction of sp³-hybridized carbons (Fsp3) is 0.714. The maximum atomic E-state index is 11.9. The van der Waals surface area contributed by atoms with Crippen molar-refractivity contribution in [2.45, 2.75) is 45.8 Å². The van der Waals surface area contributed by atoms with Crippen molar-refractivity contribution >= 4 is 5.91 Å². The summed E-state index contributed by atoms with van der Waals surface area (Å²) < 4.78 is 7.22. The Morgan fingerprint density at radius 1 is 1.53 bits per heavy atom. The second-order valence-corrected chi connectivity index (χ2v) is 5.17. The molecule has 0 saturated heterocycles. The highest BCUT2D eigenvalue weighted by atomic mass is 16.5. The van der Waals surface area contributed by atoms with Crippen molar-refractivity contribution in [3.63, 3.8) is 0 Å². The average Bonchev–Trinajstić information content (AvgIpc) is 3.03. The van der Waals surface area contributed by atoms with Gasteiger partial charge in [0.1, 0.15) is 12.4 Å². The third-order valence-corrected chi connectivity index (χ3v) is 3.77. The third kappa shape index (κ3) is 3.56. The highest BCUT2D eigenvalue weighted by molar-refractivity contribution is 5.78. The lowest BCUT2D eigenvalue weighted by molar-refractivity contribution is -0.124. The van der Waals surface area contributed by atoms with Crippen LogP contribution in [0, 0.1) is 12.8 Å². The molecule has 106 valence electrons. The number of aryl methyl sites for hydroxylation is 1. The molecule has 1 aliphatic rings. The molecule has 19 heavy (non-hydrogen) atoms. The molecule has 1 fully saturated rings. The van der Waals surface area contributed by atoms with E-state index in [4.69, 9.17) is 4.74 Å². The average molecular weight is 265 g/mol. The summed E-state index contributed by atoms with van der Waals surface area (Å²) in [5.41, 5.74) is 1.10. The van der Waals surface area contributed by atoms with E-state index >= 15 is 0 Å². The van der Waals surface area contributed by atoms with Crippen molar-refractivity contribution in [1.29, 1.82) is 0 Å². The molecule has 0 bridgehead atoms. The van der Waals surface area contributed by atoms with Crippen molar-refractivity contribution < 1.29 is 9.53 Å². The lowest BCUT2D eigenvalue weighted by Gasteiger charge is -2.13. The first-order valence-corrected chi connectivity index (χ1v) is 7.00. The van der Waals surface area contributed by atoms with E-state index in [9.17, 15) is 4.79 Å². The number of methoxy groups -OCH3 is 1. The van der Waals surface area contributed by atoms with Crippen LogP contribution >= 0.6 is 0 Å². The normalized spacial score (nSPS) is 15.9. The van der Waals surface area contributed by atoms with E-state index < -0.39 is 0 Å². The Bertz CT molecular complexity index is 422. The number of amides is 1. The molecule has 0 radical (unpaired) electrons. The molecule has 1 amide bonds. The van der Waals surface area contributed by atoms with Gasteiger partial charge in [0.2, 0.25) is 5.91 Å². The van der Waals surface area contributed by atoms with Gasteiger partial charge in [0, 0.05) is 38.0 Å². The van der Waals surface area contributed by atoms with E-state index in [1.165, 1.54) is 12.8 Å². The molecule has 1 heterocycles. The standard InChI is InChI=1S/C14H23N3O2/c1-11-9-16-13(10-19-2)17(11)8-7-15-14(18)12-5-3-4-6-12/h9,12H,3-8,10H2,1-2H3,(H,15,18). The van der Waals surface area contributed by atoms with E-state index in [1.54, 1.807) is 7.11 Å². The molecule has 0 aromatic carbocycles. The lowest BCUT2D eigenvalue weighted by Crippen LogP contribution is -2.32. The lowest BCUT2D eigenvalue weighted by atomic mass is 10.1. The first-order valence-electron chi connectivity index (χ1n) is 7.00. The highest BCUT2D eigenvalue weighted by Gasteiger charge is 2.22. The minimum atomic E-state index is 0.212. The second kappa shape index (κ2) is 6.70. The van der Waals surface area contributed by atoms with Crippen LogP contribution in [0.4, 0.5) is 0 Å². The number of rotatable bonds is 6. The van der Waals surface area contributed by atoms with Gasteiger partial charge in [-0.3, -0.25) is 4.79 Å². The first kappa shape index (κ1) is 14.1. The molecule has 1 aromatic heterocycles. The van der Waals surface area contributed by atoms with E-state index in [1.807, 2.05) is 13.1 Å². The number of imidazole rings is 1. The Morgan fingerprint density at radius 2 is 2.26 bits per heavy atom. The number of nitrogens with one attached hydrogen (secondary N) is 1. The van der Waals surface area contributed by atoms with Crippen molar-refractivity contribution in [3.8, 4) is 0 Å². The fourth-order valence-corrected chi connectivity index (χ4v) is 2.68. The molecule has 0 unspecified atom stereocenters. The SMILES string of the molecule is COCc1ncc(C)n1CCNC(=O)C1CCCC1. The Balaban J connectivity index is 1.81. The minimum Gasteiger partial charge on any atom is -0.377 e. The number of carbonyl (C=O) groups excluding carboxylic acids is 1. The number of aromatic nitrogens is 2. The maximum Gasteiger partial charge on any atom is 0.223 e. The summed E-state index contributed by atoms with van der Waals surface area (Å²) in [5.74, 6) is 1.36. The van der Waals surface area contributed by atoms with Crippen LogP contribution in [0.1, 0.15) is 37.2 Å². The van der Waals surface area contributed by atoms with Gasteiger partial charge in [0.05, 0.1) is 0 Å². The van der Waals surface area contributed by atoms with Crippen LogP contribution in [0.3, 0.4) is 0 Å².